The Hall–Kier alpha value is -1.00. The first kappa shape index (κ1) is 16.1. The Morgan fingerprint density at radius 1 is 1.37 bits per heavy atom. The van der Waals surface area contributed by atoms with Gasteiger partial charge in [-0.2, -0.15) is 0 Å². The van der Waals surface area contributed by atoms with Gasteiger partial charge in [0.25, 0.3) is 0 Å². The molecule has 0 fully saturated rings. The highest BCUT2D eigenvalue weighted by atomic mass is 32.2. The lowest BCUT2D eigenvalue weighted by atomic mass is 9.91. The topological polar surface area (TPSA) is 55.1 Å². The fourth-order valence-corrected chi connectivity index (χ4v) is 2.84. The van der Waals surface area contributed by atoms with Crippen molar-refractivity contribution in [1.29, 1.82) is 0 Å². The lowest BCUT2D eigenvalue weighted by Crippen LogP contribution is -2.52. The van der Waals surface area contributed by atoms with Crippen molar-refractivity contribution in [2.24, 2.45) is 11.7 Å². The predicted octanol–water partition coefficient (Wildman–Crippen LogP) is 2.66. The zero-order valence-electron chi connectivity index (χ0n) is 12.0. The van der Waals surface area contributed by atoms with Crippen LogP contribution in [-0.4, -0.2) is 23.7 Å². The van der Waals surface area contributed by atoms with E-state index in [4.69, 9.17) is 5.73 Å². The molecule has 1 amide bonds. The van der Waals surface area contributed by atoms with E-state index in [1.807, 2.05) is 37.3 Å². The Labute approximate surface area is 120 Å². The van der Waals surface area contributed by atoms with Gasteiger partial charge in [-0.05, 0) is 31.4 Å². The van der Waals surface area contributed by atoms with Gasteiger partial charge in [-0.15, -0.1) is 11.8 Å². The van der Waals surface area contributed by atoms with Crippen LogP contribution >= 0.6 is 11.8 Å². The highest BCUT2D eigenvalue weighted by Gasteiger charge is 2.25. The van der Waals surface area contributed by atoms with Gasteiger partial charge in [-0.1, -0.05) is 32.0 Å². The number of carbonyl (C=O) groups excluding carboxylic acids is 1. The summed E-state index contributed by atoms with van der Waals surface area (Å²) in [5.74, 6) is 0.982. The Morgan fingerprint density at radius 3 is 2.53 bits per heavy atom. The summed E-state index contributed by atoms with van der Waals surface area (Å²) < 4.78 is 0. The molecule has 0 heterocycles. The number of nitrogens with one attached hydrogen (secondary N) is 1. The SMILES string of the molecule is CC(C)CC(C)(CN)NC(=O)CSc1ccccc1. The van der Waals surface area contributed by atoms with Gasteiger partial charge in [0.15, 0.2) is 0 Å². The first-order chi connectivity index (χ1) is 8.95. The van der Waals surface area contributed by atoms with E-state index >= 15 is 0 Å². The molecule has 0 saturated carbocycles. The van der Waals surface area contributed by atoms with Gasteiger partial charge in [-0.3, -0.25) is 4.79 Å². The van der Waals surface area contributed by atoms with Crippen LogP contribution in [0.5, 0.6) is 0 Å². The molecule has 3 N–H and O–H groups in total. The molecule has 0 aliphatic heterocycles. The lowest BCUT2D eigenvalue weighted by molar-refractivity contribution is -0.120. The second kappa shape index (κ2) is 7.56. The quantitative estimate of drug-likeness (QED) is 0.755. The smallest absolute Gasteiger partial charge is 0.230 e. The molecule has 1 aromatic rings. The van der Waals surface area contributed by atoms with E-state index in [0.717, 1.165) is 11.3 Å². The Morgan fingerprint density at radius 2 is 2.00 bits per heavy atom. The number of benzene rings is 1. The fraction of sp³-hybridized carbons (Fsp3) is 0.533. The minimum Gasteiger partial charge on any atom is -0.349 e. The second-order valence-electron chi connectivity index (χ2n) is 5.51. The first-order valence-corrected chi connectivity index (χ1v) is 7.63. The summed E-state index contributed by atoms with van der Waals surface area (Å²) in [6.07, 6.45) is 0.894. The summed E-state index contributed by atoms with van der Waals surface area (Å²) in [5.41, 5.74) is 5.49. The third-order valence-corrected chi connectivity index (χ3v) is 3.88. The molecule has 1 rings (SSSR count). The highest BCUT2D eigenvalue weighted by Crippen LogP contribution is 2.18. The zero-order chi connectivity index (χ0) is 14.3. The summed E-state index contributed by atoms with van der Waals surface area (Å²) in [6, 6.07) is 9.94. The van der Waals surface area contributed by atoms with Crippen LogP contribution in [0.1, 0.15) is 27.2 Å². The zero-order valence-corrected chi connectivity index (χ0v) is 12.8. The number of amides is 1. The number of hydrogen-bond donors (Lipinski definition) is 2. The number of rotatable bonds is 7. The molecule has 0 aromatic heterocycles. The third-order valence-electron chi connectivity index (χ3n) is 2.86. The molecular weight excluding hydrogens is 256 g/mol. The molecule has 3 nitrogen and oxygen atoms in total. The van der Waals surface area contributed by atoms with E-state index in [9.17, 15) is 4.79 Å². The molecule has 4 heteroatoms. The van der Waals surface area contributed by atoms with E-state index in [1.165, 1.54) is 0 Å². The normalized spacial score (nSPS) is 14.2. The molecule has 0 radical (unpaired) electrons. The summed E-state index contributed by atoms with van der Waals surface area (Å²) in [5, 5.41) is 3.06. The van der Waals surface area contributed by atoms with Gasteiger partial charge in [-0.25, -0.2) is 0 Å². The maximum absolute atomic E-state index is 12.0. The Kier molecular flexibility index (Phi) is 6.38. The molecule has 1 aromatic carbocycles. The van der Waals surface area contributed by atoms with E-state index in [2.05, 4.69) is 19.2 Å². The number of hydrogen-bond acceptors (Lipinski definition) is 3. The molecule has 19 heavy (non-hydrogen) atoms. The lowest BCUT2D eigenvalue weighted by Gasteiger charge is -2.31. The van der Waals surface area contributed by atoms with Crippen molar-refractivity contribution in [3.63, 3.8) is 0 Å². The molecule has 0 bridgehead atoms. The van der Waals surface area contributed by atoms with Crippen molar-refractivity contribution < 1.29 is 4.79 Å². The van der Waals surface area contributed by atoms with E-state index in [-0.39, 0.29) is 11.4 Å². The monoisotopic (exact) mass is 280 g/mol. The van der Waals surface area contributed by atoms with Gasteiger partial charge in [0, 0.05) is 17.0 Å². The van der Waals surface area contributed by atoms with Crippen molar-refractivity contribution >= 4 is 17.7 Å². The Balaban J connectivity index is 2.45. The molecule has 0 saturated heterocycles. The standard InChI is InChI=1S/C15H24N2OS/c1-12(2)9-15(3,11-16)17-14(18)10-19-13-7-5-4-6-8-13/h4-8,12H,9-11,16H2,1-3H3,(H,17,18). The van der Waals surface area contributed by atoms with Crippen molar-refractivity contribution in [3.05, 3.63) is 30.3 Å². The highest BCUT2D eigenvalue weighted by molar-refractivity contribution is 8.00. The Bertz CT molecular complexity index is 394. The summed E-state index contributed by atoms with van der Waals surface area (Å²) >= 11 is 1.55. The molecule has 0 spiro atoms. The molecule has 106 valence electrons. The van der Waals surface area contributed by atoms with Crippen LogP contribution in [0, 0.1) is 5.92 Å². The number of carbonyl (C=O) groups is 1. The van der Waals surface area contributed by atoms with Crippen LogP contribution in [-0.2, 0) is 4.79 Å². The maximum atomic E-state index is 12.0. The predicted molar refractivity (Wildman–Crippen MR) is 82.2 cm³/mol. The third kappa shape index (κ3) is 6.12. The van der Waals surface area contributed by atoms with Crippen LogP contribution in [0.4, 0.5) is 0 Å². The summed E-state index contributed by atoms with van der Waals surface area (Å²) in [6.45, 7) is 6.75. The van der Waals surface area contributed by atoms with Crippen LogP contribution < -0.4 is 11.1 Å². The van der Waals surface area contributed by atoms with Gasteiger partial charge in [0.05, 0.1) is 5.75 Å². The van der Waals surface area contributed by atoms with Crippen LogP contribution in [0.2, 0.25) is 0 Å². The maximum Gasteiger partial charge on any atom is 0.230 e. The molecule has 1 atom stereocenters. The number of nitrogens with two attached hydrogens (primary N) is 1. The van der Waals surface area contributed by atoms with Gasteiger partial charge < -0.3 is 11.1 Å². The van der Waals surface area contributed by atoms with Crippen molar-refractivity contribution in [2.45, 2.75) is 37.6 Å². The van der Waals surface area contributed by atoms with Crippen molar-refractivity contribution in [2.75, 3.05) is 12.3 Å². The minimum atomic E-state index is -0.303. The summed E-state index contributed by atoms with van der Waals surface area (Å²) in [4.78, 5) is 13.1. The van der Waals surface area contributed by atoms with E-state index < -0.39 is 0 Å². The van der Waals surface area contributed by atoms with Crippen molar-refractivity contribution in [1.82, 2.24) is 5.32 Å². The average Bonchev–Trinajstić information content (AvgIpc) is 2.36. The van der Waals surface area contributed by atoms with Crippen molar-refractivity contribution in [3.8, 4) is 0 Å². The molecular formula is C15H24N2OS. The van der Waals surface area contributed by atoms with Crippen LogP contribution in [0.15, 0.2) is 35.2 Å². The largest absolute Gasteiger partial charge is 0.349 e. The molecule has 0 aliphatic carbocycles. The van der Waals surface area contributed by atoms with Crippen LogP contribution in [0.3, 0.4) is 0 Å². The van der Waals surface area contributed by atoms with Gasteiger partial charge in [0.1, 0.15) is 0 Å². The van der Waals surface area contributed by atoms with Gasteiger partial charge in [0.2, 0.25) is 5.91 Å². The van der Waals surface area contributed by atoms with E-state index in [1.54, 1.807) is 11.8 Å². The van der Waals surface area contributed by atoms with E-state index in [0.29, 0.717) is 18.2 Å². The van der Waals surface area contributed by atoms with Gasteiger partial charge >= 0.3 is 0 Å². The number of thioether (sulfide) groups is 1. The summed E-state index contributed by atoms with van der Waals surface area (Å²) in [7, 11) is 0. The minimum absolute atomic E-state index is 0.0439. The van der Waals surface area contributed by atoms with Crippen LogP contribution in [0.25, 0.3) is 0 Å². The fourth-order valence-electron chi connectivity index (χ4n) is 2.12. The second-order valence-corrected chi connectivity index (χ2v) is 6.56. The molecule has 0 aliphatic rings. The molecule has 1 unspecified atom stereocenters. The average molecular weight is 280 g/mol. The first-order valence-electron chi connectivity index (χ1n) is 6.64.